The van der Waals surface area contributed by atoms with E-state index in [0.29, 0.717) is 12.5 Å². The lowest BCUT2D eigenvalue weighted by Gasteiger charge is -2.28. The molecule has 2 N–H and O–H groups in total. The highest BCUT2D eigenvalue weighted by Crippen LogP contribution is 2.35. The number of rotatable bonds is 3. The smallest absolute Gasteiger partial charge is 0.308 e. The van der Waals surface area contributed by atoms with Gasteiger partial charge < -0.3 is 10.4 Å². The van der Waals surface area contributed by atoms with Gasteiger partial charge in [-0.3, -0.25) is 4.79 Å². The van der Waals surface area contributed by atoms with Gasteiger partial charge in [-0.1, -0.05) is 45.0 Å². The summed E-state index contributed by atoms with van der Waals surface area (Å²) in [5, 5.41) is 12.5. The molecule has 1 aromatic rings. The summed E-state index contributed by atoms with van der Waals surface area (Å²) in [5.41, 5.74) is 2.10. The summed E-state index contributed by atoms with van der Waals surface area (Å²) in [5.74, 6) is -0.554. The highest BCUT2D eigenvalue weighted by molar-refractivity contribution is 5.73. The van der Waals surface area contributed by atoms with Gasteiger partial charge in [-0.05, 0) is 17.0 Å². The number of hydrogen-bond donors (Lipinski definition) is 2. The van der Waals surface area contributed by atoms with Gasteiger partial charge in [-0.25, -0.2) is 0 Å². The highest BCUT2D eigenvalue weighted by atomic mass is 16.4. The van der Waals surface area contributed by atoms with E-state index in [0.717, 1.165) is 12.1 Å². The first-order valence-electron chi connectivity index (χ1n) is 6.49. The Bertz CT molecular complexity index is 438. The molecule has 0 amide bonds. The van der Waals surface area contributed by atoms with Crippen LogP contribution in [0, 0.1) is 5.92 Å². The standard InChI is InChI=1S/C15H21NO2/c1-10(2)11-4-6-12(7-5-11)15(3)9-16-8-13(15)14(17)18/h4-7,10,13,16H,8-9H2,1-3H3,(H,17,18). The second-order valence-corrected chi connectivity index (χ2v) is 5.72. The van der Waals surface area contributed by atoms with Crippen LogP contribution in [-0.2, 0) is 10.2 Å². The minimum atomic E-state index is -0.713. The molecule has 1 aliphatic heterocycles. The van der Waals surface area contributed by atoms with Gasteiger partial charge in [0.05, 0.1) is 5.92 Å². The van der Waals surface area contributed by atoms with Gasteiger partial charge in [0.15, 0.2) is 0 Å². The van der Waals surface area contributed by atoms with Gasteiger partial charge in [0.2, 0.25) is 0 Å². The van der Waals surface area contributed by atoms with Gasteiger partial charge >= 0.3 is 5.97 Å². The number of aliphatic carboxylic acids is 1. The zero-order chi connectivity index (χ0) is 13.3. The van der Waals surface area contributed by atoms with Gasteiger partial charge in [0, 0.05) is 18.5 Å². The van der Waals surface area contributed by atoms with Gasteiger partial charge in [0.1, 0.15) is 0 Å². The summed E-state index contributed by atoms with van der Waals surface area (Å²) in [6, 6.07) is 8.39. The number of carboxylic acids is 1. The third kappa shape index (κ3) is 2.15. The molecule has 18 heavy (non-hydrogen) atoms. The largest absolute Gasteiger partial charge is 0.481 e. The molecule has 0 spiro atoms. The molecule has 0 aliphatic carbocycles. The fourth-order valence-corrected chi connectivity index (χ4v) is 2.74. The third-order valence-electron chi connectivity index (χ3n) is 4.14. The number of carboxylic acid groups (broad SMARTS) is 1. The van der Waals surface area contributed by atoms with Crippen LogP contribution in [0.2, 0.25) is 0 Å². The molecule has 2 atom stereocenters. The molecule has 1 fully saturated rings. The molecule has 0 radical (unpaired) electrons. The minimum absolute atomic E-state index is 0.304. The summed E-state index contributed by atoms with van der Waals surface area (Å²) in [7, 11) is 0. The summed E-state index contributed by atoms with van der Waals surface area (Å²) in [6.07, 6.45) is 0. The average molecular weight is 247 g/mol. The lowest BCUT2D eigenvalue weighted by molar-refractivity contribution is -0.142. The highest BCUT2D eigenvalue weighted by Gasteiger charge is 2.44. The first-order valence-corrected chi connectivity index (χ1v) is 6.49. The first-order chi connectivity index (χ1) is 8.45. The maximum absolute atomic E-state index is 11.3. The van der Waals surface area contributed by atoms with E-state index in [9.17, 15) is 9.90 Å². The molecule has 3 nitrogen and oxygen atoms in total. The van der Waals surface area contributed by atoms with Gasteiger partial charge in [0.25, 0.3) is 0 Å². The number of hydrogen-bond acceptors (Lipinski definition) is 2. The molecule has 2 rings (SSSR count). The molecule has 3 heteroatoms. The van der Waals surface area contributed by atoms with Crippen LogP contribution in [0.25, 0.3) is 0 Å². The van der Waals surface area contributed by atoms with E-state index in [1.807, 2.05) is 6.92 Å². The molecule has 1 saturated heterocycles. The van der Waals surface area contributed by atoms with Crippen molar-refractivity contribution in [1.82, 2.24) is 5.32 Å². The Kier molecular flexibility index (Phi) is 3.44. The van der Waals surface area contributed by atoms with Crippen molar-refractivity contribution in [3.05, 3.63) is 35.4 Å². The van der Waals surface area contributed by atoms with E-state index >= 15 is 0 Å². The normalized spacial score (nSPS) is 27.7. The van der Waals surface area contributed by atoms with E-state index in [1.165, 1.54) is 5.56 Å². The van der Waals surface area contributed by atoms with Gasteiger partial charge in [-0.15, -0.1) is 0 Å². The molecule has 2 unspecified atom stereocenters. The van der Waals surface area contributed by atoms with E-state index in [2.05, 4.69) is 43.4 Å². The Morgan fingerprint density at radius 2 is 2.00 bits per heavy atom. The fourth-order valence-electron chi connectivity index (χ4n) is 2.74. The number of benzene rings is 1. The van der Waals surface area contributed by atoms with Crippen LogP contribution in [0.5, 0.6) is 0 Å². The molecule has 0 saturated carbocycles. The topological polar surface area (TPSA) is 49.3 Å². The van der Waals surface area contributed by atoms with E-state index < -0.39 is 5.97 Å². The predicted octanol–water partition coefficient (Wildman–Crippen LogP) is 2.37. The maximum atomic E-state index is 11.3. The van der Waals surface area contributed by atoms with Crippen LogP contribution in [0.15, 0.2) is 24.3 Å². The first kappa shape index (κ1) is 13.1. The zero-order valence-electron chi connectivity index (χ0n) is 11.2. The van der Waals surface area contributed by atoms with Crippen molar-refractivity contribution in [1.29, 1.82) is 0 Å². The molecular formula is C15H21NO2. The van der Waals surface area contributed by atoms with Crippen LogP contribution in [0.1, 0.15) is 37.8 Å². The van der Waals surface area contributed by atoms with Crippen molar-refractivity contribution in [3.8, 4) is 0 Å². The van der Waals surface area contributed by atoms with Crippen LogP contribution < -0.4 is 5.32 Å². The quantitative estimate of drug-likeness (QED) is 0.862. The van der Waals surface area contributed by atoms with Gasteiger partial charge in [-0.2, -0.15) is 0 Å². The molecule has 1 aliphatic rings. The summed E-state index contributed by atoms with van der Waals surface area (Å²) >= 11 is 0. The fraction of sp³-hybridized carbons (Fsp3) is 0.533. The minimum Gasteiger partial charge on any atom is -0.481 e. The second kappa shape index (κ2) is 4.73. The molecular weight excluding hydrogens is 226 g/mol. The second-order valence-electron chi connectivity index (χ2n) is 5.72. The predicted molar refractivity (Wildman–Crippen MR) is 71.9 cm³/mol. The molecule has 98 valence electrons. The lowest BCUT2D eigenvalue weighted by atomic mass is 9.74. The van der Waals surface area contributed by atoms with Crippen LogP contribution in [-0.4, -0.2) is 24.2 Å². The molecule has 1 aromatic carbocycles. The zero-order valence-corrected chi connectivity index (χ0v) is 11.2. The Balaban J connectivity index is 2.32. The van der Waals surface area contributed by atoms with Crippen molar-refractivity contribution < 1.29 is 9.90 Å². The van der Waals surface area contributed by atoms with E-state index in [-0.39, 0.29) is 11.3 Å². The van der Waals surface area contributed by atoms with Crippen molar-refractivity contribution in [2.24, 2.45) is 5.92 Å². The molecule has 1 heterocycles. The lowest BCUT2D eigenvalue weighted by Crippen LogP contribution is -2.36. The van der Waals surface area contributed by atoms with Crippen LogP contribution in [0.4, 0.5) is 0 Å². The van der Waals surface area contributed by atoms with Crippen LogP contribution >= 0.6 is 0 Å². The summed E-state index contributed by atoms with van der Waals surface area (Å²) < 4.78 is 0. The Hall–Kier alpha value is -1.35. The summed E-state index contributed by atoms with van der Waals surface area (Å²) in [4.78, 5) is 11.3. The van der Waals surface area contributed by atoms with E-state index in [1.54, 1.807) is 0 Å². The van der Waals surface area contributed by atoms with Crippen molar-refractivity contribution in [2.45, 2.75) is 32.1 Å². The SMILES string of the molecule is CC(C)c1ccc(C2(C)CNCC2C(=O)O)cc1. The summed E-state index contributed by atoms with van der Waals surface area (Å²) in [6.45, 7) is 7.64. The Morgan fingerprint density at radius 1 is 1.39 bits per heavy atom. The van der Waals surface area contributed by atoms with Crippen molar-refractivity contribution in [2.75, 3.05) is 13.1 Å². The van der Waals surface area contributed by atoms with Crippen molar-refractivity contribution in [3.63, 3.8) is 0 Å². The maximum Gasteiger partial charge on any atom is 0.308 e. The monoisotopic (exact) mass is 247 g/mol. The van der Waals surface area contributed by atoms with E-state index in [4.69, 9.17) is 0 Å². The Labute approximate surface area is 108 Å². The number of carbonyl (C=O) groups is 1. The van der Waals surface area contributed by atoms with Crippen molar-refractivity contribution >= 4 is 5.97 Å². The average Bonchev–Trinajstić information content (AvgIpc) is 2.73. The number of nitrogens with one attached hydrogen (secondary N) is 1. The molecule has 0 bridgehead atoms. The molecule has 0 aromatic heterocycles. The van der Waals surface area contributed by atoms with Crippen LogP contribution in [0.3, 0.4) is 0 Å². The Morgan fingerprint density at radius 3 is 2.50 bits per heavy atom. The third-order valence-corrected chi connectivity index (χ3v) is 4.14.